The van der Waals surface area contributed by atoms with Gasteiger partial charge in [-0.3, -0.25) is 0 Å². The third kappa shape index (κ3) is 6.27. The Kier molecular flexibility index (Phi) is 7.67. The summed E-state index contributed by atoms with van der Waals surface area (Å²) in [5.74, 6) is 0.684. The third-order valence-corrected chi connectivity index (χ3v) is 5.78. The van der Waals surface area contributed by atoms with Gasteiger partial charge < -0.3 is 30.3 Å². The minimum Gasteiger partial charge on any atom is -0.491 e. The molecule has 4 N–H and O–H groups in total. The Morgan fingerprint density at radius 2 is 1.97 bits per heavy atom. The number of nitrogens with one attached hydrogen (secondary N) is 2. The van der Waals surface area contributed by atoms with Crippen LogP contribution in [0.15, 0.2) is 66.7 Å². The number of carbonyl (C=O) groups is 1. The number of para-hydroxylation sites is 1. The first-order valence-electron chi connectivity index (χ1n) is 11.4. The van der Waals surface area contributed by atoms with Gasteiger partial charge in [0.1, 0.15) is 30.3 Å². The van der Waals surface area contributed by atoms with E-state index in [4.69, 9.17) is 14.6 Å². The molecule has 0 amide bonds. The summed E-state index contributed by atoms with van der Waals surface area (Å²) in [6, 6.07) is 20.5. The minimum absolute atomic E-state index is 0.0411. The molecule has 178 valence electrons. The van der Waals surface area contributed by atoms with Gasteiger partial charge in [0.25, 0.3) is 0 Å². The molecule has 0 bridgehead atoms. The van der Waals surface area contributed by atoms with E-state index in [1.165, 1.54) is 0 Å². The maximum atomic E-state index is 11.1. The third-order valence-electron chi connectivity index (χ3n) is 5.78. The lowest BCUT2D eigenvalue weighted by atomic mass is 10.0. The molecule has 1 aliphatic rings. The van der Waals surface area contributed by atoms with E-state index < -0.39 is 12.1 Å². The highest BCUT2D eigenvalue weighted by Crippen LogP contribution is 2.31. The fourth-order valence-electron chi connectivity index (χ4n) is 3.94. The van der Waals surface area contributed by atoms with Crippen LogP contribution < -0.4 is 20.1 Å². The quantitative estimate of drug-likeness (QED) is 0.359. The van der Waals surface area contributed by atoms with Crippen LogP contribution in [0.2, 0.25) is 0 Å². The average Bonchev–Trinajstić information content (AvgIpc) is 2.84. The van der Waals surface area contributed by atoms with Crippen LogP contribution >= 0.6 is 0 Å². The van der Waals surface area contributed by atoms with Crippen molar-refractivity contribution in [1.29, 1.82) is 0 Å². The number of fused-ring (bicyclic) bond motifs is 1. The van der Waals surface area contributed by atoms with E-state index in [1.54, 1.807) is 18.2 Å². The molecule has 34 heavy (non-hydrogen) atoms. The lowest BCUT2D eigenvalue weighted by Crippen LogP contribution is -2.39. The van der Waals surface area contributed by atoms with Crippen LogP contribution in [0.5, 0.6) is 11.5 Å². The smallest absolute Gasteiger partial charge is 0.335 e. The van der Waals surface area contributed by atoms with Crippen molar-refractivity contribution >= 4 is 17.3 Å². The monoisotopic (exact) mass is 462 g/mol. The van der Waals surface area contributed by atoms with E-state index in [-0.39, 0.29) is 18.3 Å². The summed E-state index contributed by atoms with van der Waals surface area (Å²) >= 11 is 0. The van der Waals surface area contributed by atoms with Crippen molar-refractivity contribution in [3.8, 4) is 11.5 Å². The summed E-state index contributed by atoms with van der Waals surface area (Å²) in [5.41, 5.74) is 4.09. The molecule has 4 rings (SSSR count). The highest BCUT2D eigenvalue weighted by Gasteiger charge is 2.20. The Morgan fingerprint density at radius 3 is 2.74 bits per heavy atom. The molecule has 0 spiro atoms. The van der Waals surface area contributed by atoms with Crippen molar-refractivity contribution in [3.05, 3.63) is 83.4 Å². The number of ether oxygens (including phenoxy) is 2. The number of anilines is 2. The number of hydrogen-bond acceptors (Lipinski definition) is 6. The molecule has 1 heterocycles. The van der Waals surface area contributed by atoms with E-state index in [9.17, 15) is 9.90 Å². The molecule has 7 heteroatoms. The highest BCUT2D eigenvalue weighted by molar-refractivity contribution is 5.88. The van der Waals surface area contributed by atoms with Gasteiger partial charge in [-0.25, -0.2) is 4.79 Å². The van der Waals surface area contributed by atoms with E-state index in [2.05, 4.69) is 16.7 Å². The Morgan fingerprint density at radius 1 is 1.15 bits per heavy atom. The van der Waals surface area contributed by atoms with Gasteiger partial charge in [0.2, 0.25) is 0 Å². The number of carboxylic acid groups (broad SMARTS) is 1. The molecular weight excluding hydrogens is 432 g/mol. The summed E-state index contributed by atoms with van der Waals surface area (Å²) in [6.07, 6.45) is 1.22. The molecule has 1 aliphatic heterocycles. The maximum absolute atomic E-state index is 11.1. The summed E-state index contributed by atoms with van der Waals surface area (Å²) in [7, 11) is 0. The number of aromatic carboxylic acids is 1. The summed E-state index contributed by atoms with van der Waals surface area (Å²) < 4.78 is 11.7. The van der Waals surface area contributed by atoms with Crippen LogP contribution in [-0.4, -0.2) is 48.1 Å². The lowest BCUT2D eigenvalue weighted by Gasteiger charge is -2.27. The van der Waals surface area contributed by atoms with Crippen LogP contribution in [0.3, 0.4) is 0 Å². The predicted molar refractivity (Wildman–Crippen MR) is 131 cm³/mol. The van der Waals surface area contributed by atoms with Gasteiger partial charge >= 0.3 is 5.97 Å². The first-order chi connectivity index (χ1) is 16.5. The fraction of sp³-hybridized carbons (Fsp3) is 0.296. The molecule has 2 atom stereocenters. The maximum Gasteiger partial charge on any atom is 0.335 e. The Bertz CT molecular complexity index is 1120. The van der Waals surface area contributed by atoms with Gasteiger partial charge in [-0.1, -0.05) is 18.2 Å². The molecule has 0 radical (unpaired) electrons. The number of carboxylic acids is 1. The summed E-state index contributed by atoms with van der Waals surface area (Å²) in [6.45, 7) is 3.21. The van der Waals surface area contributed by atoms with Gasteiger partial charge in [0.05, 0.1) is 5.56 Å². The van der Waals surface area contributed by atoms with E-state index in [0.29, 0.717) is 13.1 Å². The number of aryl methyl sites for hydroxylation is 2. The Hall–Kier alpha value is -3.55. The molecule has 0 aliphatic carbocycles. The Balaban J connectivity index is 1.24. The predicted octanol–water partition coefficient (Wildman–Crippen LogP) is 4.16. The zero-order valence-corrected chi connectivity index (χ0v) is 19.2. The van der Waals surface area contributed by atoms with Gasteiger partial charge in [0.15, 0.2) is 0 Å². The molecule has 0 unspecified atom stereocenters. The van der Waals surface area contributed by atoms with Crippen molar-refractivity contribution < 1.29 is 24.5 Å². The molecular formula is C27H30N2O5. The zero-order chi connectivity index (χ0) is 23.9. The molecule has 3 aromatic carbocycles. The Labute approximate surface area is 199 Å². The number of hydrogen-bond donors (Lipinski definition) is 4. The first kappa shape index (κ1) is 23.6. The highest BCUT2D eigenvalue weighted by atomic mass is 16.5. The summed E-state index contributed by atoms with van der Waals surface area (Å²) in [5, 5.41) is 25.9. The number of aliphatic hydroxyl groups is 1. The van der Waals surface area contributed by atoms with Gasteiger partial charge in [0, 0.05) is 24.5 Å². The van der Waals surface area contributed by atoms with Gasteiger partial charge in [-0.2, -0.15) is 0 Å². The van der Waals surface area contributed by atoms with Crippen molar-refractivity contribution in [2.75, 3.05) is 25.0 Å². The van der Waals surface area contributed by atoms with Crippen molar-refractivity contribution in [3.63, 3.8) is 0 Å². The molecule has 0 aromatic heterocycles. The summed E-state index contributed by atoms with van der Waals surface area (Å²) in [4.78, 5) is 11.1. The SMILES string of the molecule is Cc1cc(C(=O)O)ccc1Nc1ccc2c(c1)CC[C@H](CNC[C@H](O)COc1ccccc1)O2. The number of benzene rings is 3. The van der Waals surface area contributed by atoms with Gasteiger partial charge in [-0.15, -0.1) is 0 Å². The van der Waals surface area contributed by atoms with Crippen molar-refractivity contribution in [2.24, 2.45) is 0 Å². The second-order valence-electron chi connectivity index (χ2n) is 8.50. The lowest BCUT2D eigenvalue weighted by molar-refractivity contribution is 0.0696. The van der Waals surface area contributed by atoms with Crippen LogP contribution in [0.25, 0.3) is 0 Å². The van der Waals surface area contributed by atoms with Crippen LogP contribution in [0.1, 0.15) is 27.9 Å². The molecule has 0 fully saturated rings. The number of aliphatic hydroxyl groups excluding tert-OH is 1. The van der Waals surface area contributed by atoms with Crippen LogP contribution in [-0.2, 0) is 6.42 Å². The minimum atomic E-state index is -0.931. The number of rotatable bonds is 10. The molecule has 0 saturated carbocycles. The molecule has 7 nitrogen and oxygen atoms in total. The van der Waals surface area contributed by atoms with E-state index >= 15 is 0 Å². The largest absolute Gasteiger partial charge is 0.491 e. The molecule has 0 saturated heterocycles. The van der Waals surface area contributed by atoms with E-state index in [0.717, 1.165) is 46.8 Å². The second kappa shape index (κ2) is 11.0. The van der Waals surface area contributed by atoms with Gasteiger partial charge in [-0.05, 0) is 79.4 Å². The van der Waals surface area contributed by atoms with Crippen LogP contribution in [0, 0.1) is 6.92 Å². The van der Waals surface area contributed by atoms with Crippen LogP contribution in [0.4, 0.5) is 11.4 Å². The standard InChI is InChI=1S/C27H30N2O5/c1-18-13-20(27(31)32)8-11-25(18)29-21-9-12-26-19(14-21)7-10-24(34-26)16-28-15-22(30)17-33-23-5-3-2-4-6-23/h2-6,8-9,11-14,22,24,28-30H,7,10,15-17H2,1H3,(H,31,32)/t22-,24+/m0/s1. The average molecular weight is 463 g/mol. The fourth-order valence-corrected chi connectivity index (χ4v) is 3.94. The molecule has 3 aromatic rings. The van der Waals surface area contributed by atoms with E-state index in [1.807, 2.05) is 49.4 Å². The topological polar surface area (TPSA) is 100 Å². The zero-order valence-electron chi connectivity index (χ0n) is 19.2. The first-order valence-corrected chi connectivity index (χ1v) is 11.4. The van der Waals surface area contributed by atoms with Crippen molar-refractivity contribution in [1.82, 2.24) is 5.32 Å². The van der Waals surface area contributed by atoms with Crippen molar-refractivity contribution in [2.45, 2.75) is 32.0 Å². The normalized spacial score (nSPS) is 15.6. The second-order valence-corrected chi connectivity index (χ2v) is 8.50.